The van der Waals surface area contributed by atoms with Gasteiger partial charge in [0.1, 0.15) is 0 Å². The summed E-state index contributed by atoms with van der Waals surface area (Å²) in [6.45, 7) is 0. The highest BCUT2D eigenvalue weighted by atomic mass is 33.1. The van der Waals surface area contributed by atoms with E-state index in [4.69, 9.17) is 0 Å². The van der Waals surface area contributed by atoms with Gasteiger partial charge >= 0.3 is 0 Å². The zero-order chi connectivity index (χ0) is 15.8. The molecule has 4 nitrogen and oxygen atoms in total. The molecule has 1 aromatic rings. The summed E-state index contributed by atoms with van der Waals surface area (Å²) in [5.74, 6) is 1.13. The molecule has 2 amide bonds. The van der Waals surface area contributed by atoms with Crippen molar-refractivity contribution >= 4 is 39.1 Å². The van der Waals surface area contributed by atoms with Crippen molar-refractivity contribution in [1.29, 1.82) is 0 Å². The van der Waals surface area contributed by atoms with E-state index in [1.54, 1.807) is 31.3 Å². The second-order valence-electron chi connectivity index (χ2n) is 5.28. The second-order valence-corrected chi connectivity index (χ2v) is 8.07. The van der Waals surface area contributed by atoms with Crippen LogP contribution in [0.4, 0.5) is 5.69 Å². The van der Waals surface area contributed by atoms with Crippen molar-refractivity contribution in [3.8, 4) is 0 Å². The molecule has 0 saturated carbocycles. The smallest absolute Gasteiger partial charge is 0.251 e. The number of nitrogens with one attached hydrogen (secondary N) is 2. The van der Waals surface area contributed by atoms with Gasteiger partial charge in [-0.05, 0) is 37.5 Å². The van der Waals surface area contributed by atoms with Crippen LogP contribution in [-0.4, -0.2) is 29.9 Å². The molecule has 1 aliphatic heterocycles. The van der Waals surface area contributed by atoms with E-state index < -0.39 is 0 Å². The van der Waals surface area contributed by atoms with Crippen LogP contribution >= 0.6 is 21.6 Å². The quantitative estimate of drug-likeness (QED) is 0.588. The first-order chi connectivity index (χ1) is 10.7. The van der Waals surface area contributed by atoms with Crippen LogP contribution in [0.25, 0.3) is 0 Å². The Hall–Kier alpha value is -1.14. The Bertz CT molecular complexity index is 517. The minimum Gasteiger partial charge on any atom is -0.355 e. The van der Waals surface area contributed by atoms with Crippen LogP contribution in [0.2, 0.25) is 0 Å². The molecule has 120 valence electrons. The summed E-state index contributed by atoms with van der Waals surface area (Å²) in [5.41, 5.74) is 1.23. The van der Waals surface area contributed by atoms with E-state index in [1.807, 2.05) is 21.6 Å². The molecule has 0 aliphatic carbocycles. The molecule has 1 saturated heterocycles. The monoisotopic (exact) mass is 338 g/mol. The fourth-order valence-electron chi connectivity index (χ4n) is 2.33. The lowest BCUT2D eigenvalue weighted by Crippen LogP contribution is -2.18. The maximum absolute atomic E-state index is 11.9. The topological polar surface area (TPSA) is 58.2 Å². The zero-order valence-electron chi connectivity index (χ0n) is 12.8. The SMILES string of the molecule is CNC(=O)c1cccc(NC(=O)CCCC[C@@H]2CCSS2)c1. The van der Waals surface area contributed by atoms with Gasteiger partial charge in [-0.2, -0.15) is 0 Å². The Kier molecular flexibility index (Phi) is 7.12. The highest BCUT2D eigenvalue weighted by molar-refractivity contribution is 8.77. The molecule has 6 heteroatoms. The second kappa shape index (κ2) is 9.10. The first-order valence-corrected chi connectivity index (χ1v) is 9.97. The zero-order valence-corrected chi connectivity index (χ0v) is 14.4. The van der Waals surface area contributed by atoms with Crippen LogP contribution in [0.3, 0.4) is 0 Å². The van der Waals surface area contributed by atoms with Crippen LogP contribution in [0, 0.1) is 0 Å². The molecular formula is C16H22N2O2S2. The largest absolute Gasteiger partial charge is 0.355 e. The summed E-state index contributed by atoms with van der Waals surface area (Å²) >= 11 is 0. The first kappa shape index (κ1) is 17.2. The van der Waals surface area contributed by atoms with Gasteiger partial charge in [0.2, 0.25) is 5.91 Å². The van der Waals surface area contributed by atoms with Crippen molar-refractivity contribution in [1.82, 2.24) is 5.32 Å². The van der Waals surface area contributed by atoms with Crippen molar-refractivity contribution in [2.75, 3.05) is 18.1 Å². The number of hydrogen-bond acceptors (Lipinski definition) is 4. The number of carbonyl (C=O) groups is 2. The molecule has 0 spiro atoms. The molecule has 0 aromatic heterocycles. The first-order valence-electron chi connectivity index (χ1n) is 7.59. The van der Waals surface area contributed by atoms with Gasteiger partial charge in [0.25, 0.3) is 5.91 Å². The Balaban J connectivity index is 1.71. The van der Waals surface area contributed by atoms with Crippen LogP contribution in [0.5, 0.6) is 0 Å². The Labute approximate surface area is 139 Å². The predicted molar refractivity (Wildman–Crippen MR) is 95.4 cm³/mol. The lowest BCUT2D eigenvalue weighted by molar-refractivity contribution is -0.116. The fourth-order valence-corrected chi connectivity index (χ4v) is 5.36. The van der Waals surface area contributed by atoms with Gasteiger partial charge in [0.15, 0.2) is 0 Å². The molecule has 1 aromatic carbocycles. The minimum atomic E-state index is -0.150. The number of amides is 2. The fraction of sp³-hybridized carbons (Fsp3) is 0.500. The Morgan fingerprint density at radius 1 is 1.32 bits per heavy atom. The van der Waals surface area contributed by atoms with E-state index >= 15 is 0 Å². The maximum Gasteiger partial charge on any atom is 0.251 e. The Morgan fingerprint density at radius 2 is 2.18 bits per heavy atom. The standard InChI is InChI=1S/C16H22N2O2S2/c1-17-16(20)12-5-4-6-13(11-12)18-15(19)8-3-2-7-14-9-10-21-22-14/h4-6,11,14H,2-3,7-10H2,1H3,(H,17,20)(H,18,19)/t14-/m1/s1. The van der Waals surface area contributed by atoms with Crippen molar-refractivity contribution in [3.05, 3.63) is 29.8 Å². The molecule has 2 rings (SSSR count). The van der Waals surface area contributed by atoms with Crippen LogP contribution in [-0.2, 0) is 4.79 Å². The number of unbranched alkanes of at least 4 members (excludes halogenated alkanes) is 1. The molecule has 0 unspecified atom stereocenters. The van der Waals surface area contributed by atoms with Gasteiger partial charge in [-0.25, -0.2) is 0 Å². The average Bonchev–Trinajstić information content (AvgIpc) is 3.04. The maximum atomic E-state index is 11.9. The van der Waals surface area contributed by atoms with Crippen LogP contribution in [0.1, 0.15) is 42.5 Å². The van der Waals surface area contributed by atoms with Crippen molar-refractivity contribution in [2.45, 2.75) is 37.4 Å². The van der Waals surface area contributed by atoms with E-state index in [-0.39, 0.29) is 11.8 Å². The van der Waals surface area contributed by atoms with E-state index in [1.165, 1.54) is 18.6 Å². The summed E-state index contributed by atoms with van der Waals surface area (Å²) in [7, 11) is 5.54. The molecule has 1 fully saturated rings. The van der Waals surface area contributed by atoms with E-state index in [0.29, 0.717) is 17.7 Å². The van der Waals surface area contributed by atoms with Gasteiger partial charge in [-0.3, -0.25) is 9.59 Å². The van der Waals surface area contributed by atoms with Gasteiger partial charge in [0.05, 0.1) is 0 Å². The molecule has 1 heterocycles. The molecule has 0 bridgehead atoms. The summed E-state index contributed by atoms with van der Waals surface area (Å²) < 4.78 is 0. The van der Waals surface area contributed by atoms with Crippen LogP contribution in [0.15, 0.2) is 24.3 Å². The summed E-state index contributed by atoms with van der Waals surface area (Å²) in [4.78, 5) is 23.5. The molecule has 1 atom stereocenters. The number of hydrogen-bond donors (Lipinski definition) is 2. The summed E-state index contributed by atoms with van der Waals surface area (Å²) in [6, 6.07) is 7.00. The highest BCUT2D eigenvalue weighted by Gasteiger charge is 2.15. The number of rotatable bonds is 7. The number of benzene rings is 1. The number of carbonyl (C=O) groups excluding carboxylic acids is 2. The van der Waals surface area contributed by atoms with Crippen molar-refractivity contribution in [3.63, 3.8) is 0 Å². The summed E-state index contributed by atoms with van der Waals surface area (Å²) in [6.07, 6.45) is 5.06. The number of anilines is 1. The van der Waals surface area contributed by atoms with E-state index in [9.17, 15) is 9.59 Å². The molecule has 0 radical (unpaired) electrons. The van der Waals surface area contributed by atoms with Gasteiger partial charge in [-0.15, -0.1) is 0 Å². The molecular weight excluding hydrogens is 316 g/mol. The van der Waals surface area contributed by atoms with Gasteiger partial charge in [0, 0.05) is 35.7 Å². The third kappa shape index (κ3) is 5.57. The van der Waals surface area contributed by atoms with Crippen molar-refractivity contribution < 1.29 is 9.59 Å². The third-order valence-electron chi connectivity index (χ3n) is 3.54. The lowest BCUT2D eigenvalue weighted by Gasteiger charge is -2.08. The van der Waals surface area contributed by atoms with E-state index in [2.05, 4.69) is 10.6 Å². The average molecular weight is 338 g/mol. The van der Waals surface area contributed by atoms with Crippen LogP contribution < -0.4 is 10.6 Å². The molecule has 22 heavy (non-hydrogen) atoms. The van der Waals surface area contributed by atoms with Crippen molar-refractivity contribution in [2.24, 2.45) is 0 Å². The molecule has 1 aliphatic rings. The lowest BCUT2D eigenvalue weighted by atomic mass is 10.1. The Morgan fingerprint density at radius 3 is 2.91 bits per heavy atom. The molecule has 2 N–H and O–H groups in total. The highest BCUT2D eigenvalue weighted by Crippen LogP contribution is 2.39. The minimum absolute atomic E-state index is 0.0162. The summed E-state index contributed by atoms with van der Waals surface area (Å²) in [5, 5.41) is 6.21. The van der Waals surface area contributed by atoms with Gasteiger partial charge < -0.3 is 10.6 Å². The normalized spacial score (nSPS) is 17.2. The predicted octanol–water partition coefficient (Wildman–Crippen LogP) is 3.70. The van der Waals surface area contributed by atoms with E-state index in [0.717, 1.165) is 18.1 Å². The third-order valence-corrected chi connectivity index (χ3v) is 6.55. The van der Waals surface area contributed by atoms with Gasteiger partial charge in [-0.1, -0.05) is 34.1 Å².